The van der Waals surface area contributed by atoms with E-state index < -0.39 is 0 Å². The molecule has 0 bridgehead atoms. The van der Waals surface area contributed by atoms with Gasteiger partial charge in [0.05, 0.1) is 21.4 Å². The van der Waals surface area contributed by atoms with E-state index in [1.54, 1.807) is 0 Å². The maximum absolute atomic E-state index is 2.47. The molecule has 1 aliphatic carbocycles. The lowest BCUT2D eigenvalue weighted by Crippen LogP contribution is -2.16. The van der Waals surface area contributed by atoms with Crippen molar-refractivity contribution in [1.29, 1.82) is 0 Å². The summed E-state index contributed by atoms with van der Waals surface area (Å²) in [5.74, 6) is 0. The van der Waals surface area contributed by atoms with E-state index >= 15 is 0 Å². The third kappa shape index (κ3) is 5.33. The first kappa shape index (κ1) is 34.8. The fourth-order valence-electron chi connectivity index (χ4n) is 9.82. The van der Waals surface area contributed by atoms with Gasteiger partial charge in [-0.2, -0.15) is 0 Å². The Hall–Kier alpha value is -7.20. The number of fused-ring (bicyclic) bond motifs is 9. The van der Waals surface area contributed by atoms with Crippen LogP contribution in [-0.4, -0.2) is 4.40 Å². The fraction of sp³-hybridized carbons (Fsp3) is 0.0526. The Bertz CT molecular complexity index is 3440. The van der Waals surface area contributed by atoms with Crippen molar-refractivity contribution in [3.63, 3.8) is 0 Å². The second-order valence-corrected chi connectivity index (χ2v) is 17.6. The minimum Gasteiger partial charge on any atom is -0.310 e. The van der Waals surface area contributed by atoms with Gasteiger partial charge in [0.25, 0.3) is 0 Å². The Morgan fingerprint density at radius 3 is 1.92 bits per heavy atom. The summed E-state index contributed by atoms with van der Waals surface area (Å²) in [5, 5.41) is 3.71. The van der Waals surface area contributed by atoms with E-state index in [-0.39, 0.29) is 5.41 Å². The highest BCUT2D eigenvalue weighted by atomic mass is 32.1. The summed E-state index contributed by atoms with van der Waals surface area (Å²) < 4.78 is 3.75. The molecule has 0 saturated carbocycles. The van der Waals surface area contributed by atoms with Gasteiger partial charge in [-0.25, -0.2) is 0 Å². The number of hydrogen-bond acceptors (Lipinski definition) is 2. The van der Waals surface area contributed by atoms with E-state index in [1.165, 1.54) is 98.0 Å². The van der Waals surface area contributed by atoms with Gasteiger partial charge in [-0.05, 0) is 110 Å². The Morgan fingerprint density at radius 2 is 1.07 bits per heavy atom. The number of rotatable bonds is 6. The van der Waals surface area contributed by atoms with Crippen LogP contribution in [0.1, 0.15) is 25.0 Å². The topological polar surface area (TPSA) is 7.65 Å². The molecule has 0 unspecified atom stereocenters. The predicted molar refractivity (Wildman–Crippen MR) is 256 cm³/mol. The van der Waals surface area contributed by atoms with Crippen LogP contribution >= 0.6 is 11.3 Å². The van der Waals surface area contributed by atoms with E-state index in [9.17, 15) is 0 Å². The molecule has 60 heavy (non-hydrogen) atoms. The molecule has 1 aliphatic rings. The van der Waals surface area contributed by atoms with Crippen LogP contribution in [0.3, 0.4) is 0 Å². The number of anilines is 3. The van der Waals surface area contributed by atoms with Gasteiger partial charge in [0.1, 0.15) is 4.83 Å². The van der Waals surface area contributed by atoms with Crippen LogP contribution in [-0.2, 0) is 5.41 Å². The second kappa shape index (κ2) is 13.4. The number of aromatic nitrogens is 1. The zero-order chi connectivity index (χ0) is 40.0. The van der Waals surface area contributed by atoms with Crippen LogP contribution in [0.5, 0.6) is 0 Å². The first-order valence-electron chi connectivity index (χ1n) is 20.8. The Balaban J connectivity index is 1.02. The molecule has 2 nitrogen and oxygen atoms in total. The van der Waals surface area contributed by atoms with Crippen molar-refractivity contribution in [1.82, 2.24) is 4.40 Å². The molecule has 12 rings (SSSR count). The molecule has 0 spiro atoms. The largest absolute Gasteiger partial charge is 0.310 e. The van der Waals surface area contributed by atoms with Crippen molar-refractivity contribution in [3.8, 4) is 44.5 Å². The monoisotopic (exact) mass is 784 g/mol. The summed E-state index contributed by atoms with van der Waals surface area (Å²) >= 11 is 1.87. The van der Waals surface area contributed by atoms with Crippen LogP contribution in [0.4, 0.5) is 17.1 Å². The third-order valence-corrected chi connectivity index (χ3v) is 14.0. The molecule has 0 amide bonds. The SMILES string of the molecule is CC1(C)c2ccccc2-c2ccc(N(c3ccc(-c4c5cc(-c6ccc(-c7ccccc7)cc6)ccc5n5c4sc4ccccc45)cc3)c3cccc4ccccc34)cc21. The molecule has 0 aliphatic heterocycles. The second-order valence-electron chi connectivity index (χ2n) is 16.5. The first-order chi connectivity index (χ1) is 29.5. The lowest BCUT2D eigenvalue weighted by molar-refractivity contribution is 0.660. The standard InChI is InChI=1S/C57H40N2S/c1-57(2)49-19-9-8-18-46(49)47-33-32-44(36-50(47)57)58(51-21-12-16-40-15-6-7-17-45(40)51)43-30-27-41(28-31-43)55-48-35-42(39-25-23-38(24-26-39)37-13-4-3-5-14-37)29-34-52(48)59-53-20-10-11-22-54(53)60-56(55)59/h3-36H,1-2H3. The van der Waals surface area contributed by atoms with Gasteiger partial charge in [0.2, 0.25) is 0 Å². The van der Waals surface area contributed by atoms with Crippen molar-refractivity contribution in [3.05, 3.63) is 217 Å². The van der Waals surface area contributed by atoms with Crippen LogP contribution in [0.2, 0.25) is 0 Å². The smallest absolute Gasteiger partial charge is 0.109 e. The van der Waals surface area contributed by atoms with Gasteiger partial charge < -0.3 is 4.90 Å². The summed E-state index contributed by atoms with van der Waals surface area (Å²) in [5.41, 5.74) is 18.6. The highest BCUT2D eigenvalue weighted by molar-refractivity contribution is 7.24. The minimum absolute atomic E-state index is 0.106. The van der Waals surface area contributed by atoms with Gasteiger partial charge in [-0.1, -0.05) is 166 Å². The van der Waals surface area contributed by atoms with Gasteiger partial charge in [0, 0.05) is 33.1 Å². The van der Waals surface area contributed by atoms with Crippen molar-refractivity contribution in [2.75, 3.05) is 4.90 Å². The van der Waals surface area contributed by atoms with E-state index in [0.717, 1.165) is 11.4 Å². The molecule has 0 atom stereocenters. The van der Waals surface area contributed by atoms with Gasteiger partial charge in [0.15, 0.2) is 0 Å². The van der Waals surface area contributed by atoms with Crippen molar-refractivity contribution < 1.29 is 0 Å². The molecule has 0 N–H and O–H groups in total. The number of para-hydroxylation sites is 1. The molecule has 3 heteroatoms. The quantitative estimate of drug-likeness (QED) is 0.163. The van der Waals surface area contributed by atoms with Crippen LogP contribution in [0.15, 0.2) is 206 Å². The Morgan fingerprint density at radius 1 is 0.433 bits per heavy atom. The molecule has 11 aromatic rings. The number of nitrogens with zero attached hydrogens (tertiary/aromatic N) is 2. The number of thiazole rings is 1. The molecule has 9 aromatic carbocycles. The number of hydrogen-bond donors (Lipinski definition) is 0. The third-order valence-electron chi connectivity index (χ3n) is 12.8. The molecule has 0 saturated heterocycles. The molecule has 2 heterocycles. The Kier molecular flexibility index (Phi) is 7.79. The van der Waals surface area contributed by atoms with Gasteiger partial charge in [-0.15, -0.1) is 11.3 Å². The molecular formula is C57H40N2S. The summed E-state index contributed by atoms with van der Waals surface area (Å²) in [6, 6.07) is 76.1. The van der Waals surface area contributed by atoms with E-state index in [4.69, 9.17) is 0 Å². The summed E-state index contributed by atoms with van der Waals surface area (Å²) in [6.07, 6.45) is 0. The first-order valence-corrected chi connectivity index (χ1v) is 21.6. The van der Waals surface area contributed by atoms with E-state index in [2.05, 4.69) is 229 Å². The van der Waals surface area contributed by atoms with E-state index in [1.807, 2.05) is 11.3 Å². The molecule has 2 aromatic heterocycles. The molecule has 284 valence electrons. The highest BCUT2D eigenvalue weighted by Crippen LogP contribution is 2.51. The van der Waals surface area contributed by atoms with Gasteiger partial charge >= 0.3 is 0 Å². The molecular weight excluding hydrogens is 745 g/mol. The van der Waals surface area contributed by atoms with Crippen LogP contribution in [0, 0.1) is 0 Å². The average Bonchev–Trinajstić information content (AvgIpc) is 3.91. The van der Waals surface area contributed by atoms with Crippen LogP contribution in [0.25, 0.3) is 81.2 Å². The normalized spacial score (nSPS) is 13.0. The van der Waals surface area contributed by atoms with Crippen molar-refractivity contribution >= 4 is 65.1 Å². The zero-order valence-electron chi connectivity index (χ0n) is 33.4. The van der Waals surface area contributed by atoms with Crippen LogP contribution < -0.4 is 4.90 Å². The summed E-state index contributed by atoms with van der Waals surface area (Å²) in [7, 11) is 0. The number of benzene rings is 9. The van der Waals surface area contributed by atoms with Gasteiger partial charge in [-0.3, -0.25) is 4.40 Å². The summed E-state index contributed by atoms with van der Waals surface area (Å²) in [4.78, 5) is 3.72. The molecule has 0 radical (unpaired) electrons. The average molecular weight is 785 g/mol. The van der Waals surface area contributed by atoms with E-state index in [0.29, 0.717) is 0 Å². The maximum atomic E-state index is 2.47. The maximum Gasteiger partial charge on any atom is 0.109 e. The van der Waals surface area contributed by atoms with Crippen molar-refractivity contribution in [2.24, 2.45) is 0 Å². The molecule has 0 fully saturated rings. The Labute approximate surface area is 353 Å². The zero-order valence-corrected chi connectivity index (χ0v) is 34.2. The highest BCUT2D eigenvalue weighted by Gasteiger charge is 2.36. The lowest BCUT2D eigenvalue weighted by Gasteiger charge is -2.29. The predicted octanol–water partition coefficient (Wildman–Crippen LogP) is 16.2. The van der Waals surface area contributed by atoms with Crippen molar-refractivity contribution in [2.45, 2.75) is 19.3 Å². The fourth-order valence-corrected chi connectivity index (χ4v) is 11.1. The summed E-state index contributed by atoms with van der Waals surface area (Å²) in [6.45, 7) is 4.72. The lowest BCUT2D eigenvalue weighted by atomic mass is 9.82. The minimum atomic E-state index is -0.106.